The number of esters is 1. The minimum atomic E-state index is -0.682. The summed E-state index contributed by atoms with van der Waals surface area (Å²) in [5, 5.41) is 16.2. The average Bonchev–Trinajstić information content (AvgIpc) is 2.92. The number of aliphatic hydroxyl groups excluding tert-OH is 1. The van der Waals surface area contributed by atoms with Crippen LogP contribution >= 0.6 is 0 Å². The van der Waals surface area contributed by atoms with Gasteiger partial charge in [0.25, 0.3) is 0 Å². The van der Waals surface area contributed by atoms with E-state index >= 15 is 0 Å². The second-order valence-electron chi connectivity index (χ2n) is 10.3. The van der Waals surface area contributed by atoms with Crippen LogP contribution in [0.1, 0.15) is 59.3 Å². The first-order chi connectivity index (χ1) is 18.9. The molecule has 10 nitrogen and oxygen atoms in total. The molecule has 1 aromatic rings. The molecule has 1 aromatic carbocycles. The highest BCUT2D eigenvalue weighted by Crippen LogP contribution is 2.18. The van der Waals surface area contributed by atoms with Gasteiger partial charge in [-0.05, 0) is 36.6 Å². The van der Waals surface area contributed by atoms with E-state index in [9.17, 15) is 14.7 Å². The predicted octanol–water partition coefficient (Wildman–Crippen LogP) is 3.36. The first-order valence-corrected chi connectivity index (χ1v) is 14.4. The Balaban J connectivity index is 1.48. The van der Waals surface area contributed by atoms with Crippen LogP contribution in [0.5, 0.6) is 11.5 Å². The van der Waals surface area contributed by atoms with Crippen LogP contribution in [0.25, 0.3) is 0 Å². The van der Waals surface area contributed by atoms with Gasteiger partial charge in [-0.2, -0.15) is 0 Å². The largest absolute Gasteiger partial charge is 0.491 e. The zero-order valence-electron chi connectivity index (χ0n) is 24.0. The van der Waals surface area contributed by atoms with Gasteiger partial charge in [-0.15, -0.1) is 0 Å². The molecule has 2 amide bonds. The molecular formula is C29H49N3O7. The Bertz CT molecular complexity index is 799. The van der Waals surface area contributed by atoms with Crippen LogP contribution in [0, 0.1) is 5.92 Å². The molecule has 39 heavy (non-hydrogen) atoms. The summed E-state index contributed by atoms with van der Waals surface area (Å²) in [5.74, 6) is 1.77. The highest BCUT2D eigenvalue weighted by molar-refractivity contribution is 5.74. The Morgan fingerprint density at radius 2 is 1.69 bits per heavy atom. The number of nitrogens with zero attached hydrogens (tertiary/aromatic N) is 1. The lowest BCUT2D eigenvalue weighted by atomic mass is 10.1. The van der Waals surface area contributed by atoms with E-state index in [0.717, 1.165) is 31.6 Å². The number of likely N-dealkylation sites (tertiary alicyclic amines) is 1. The van der Waals surface area contributed by atoms with Crippen LogP contribution in [0.3, 0.4) is 0 Å². The molecule has 0 radical (unpaired) electrons. The SMILES string of the molecule is CCCCCC(=O)OC1CCN(C(=O)NCCNCC(O)COc2ccc(OCCOCC(C)C)cc2)CC1. The lowest BCUT2D eigenvalue weighted by Gasteiger charge is -2.31. The molecule has 1 heterocycles. The van der Waals surface area contributed by atoms with Crippen LogP contribution in [0.4, 0.5) is 4.79 Å². The Morgan fingerprint density at radius 3 is 2.36 bits per heavy atom. The Morgan fingerprint density at radius 1 is 1.00 bits per heavy atom. The number of carbonyl (C=O) groups is 2. The molecule has 1 unspecified atom stereocenters. The lowest BCUT2D eigenvalue weighted by molar-refractivity contribution is -0.151. The molecule has 0 saturated carbocycles. The lowest BCUT2D eigenvalue weighted by Crippen LogP contribution is -2.47. The highest BCUT2D eigenvalue weighted by Gasteiger charge is 2.24. The van der Waals surface area contributed by atoms with E-state index in [-0.39, 0.29) is 24.7 Å². The molecule has 10 heteroatoms. The molecular weight excluding hydrogens is 502 g/mol. The van der Waals surface area contributed by atoms with Gasteiger partial charge in [-0.25, -0.2) is 4.79 Å². The number of hydrogen-bond acceptors (Lipinski definition) is 8. The number of amides is 2. The predicted molar refractivity (Wildman–Crippen MR) is 150 cm³/mol. The number of hydrogen-bond donors (Lipinski definition) is 3. The molecule has 0 aliphatic carbocycles. The average molecular weight is 552 g/mol. The fraction of sp³-hybridized carbons (Fsp3) is 0.724. The number of rotatable bonds is 19. The minimum Gasteiger partial charge on any atom is -0.491 e. The maximum atomic E-state index is 12.4. The second kappa shape index (κ2) is 19.5. The van der Waals surface area contributed by atoms with E-state index in [1.54, 1.807) is 17.0 Å². The van der Waals surface area contributed by atoms with Crippen molar-refractivity contribution < 1.29 is 33.6 Å². The second-order valence-corrected chi connectivity index (χ2v) is 10.3. The van der Waals surface area contributed by atoms with E-state index < -0.39 is 6.10 Å². The first kappa shape index (κ1) is 32.7. The summed E-state index contributed by atoms with van der Waals surface area (Å²) in [6.07, 6.45) is 4.01. The molecule has 2 rings (SSSR count). The number of ether oxygens (including phenoxy) is 4. The van der Waals surface area contributed by atoms with Gasteiger partial charge in [0.15, 0.2) is 0 Å². The van der Waals surface area contributed by atoms with Crippen molar-refractivity contribution in [1.82, 2.24) is 15.5 Å². The molecule has 1 aliphatic rings. The quantitative estimate of drug-likeness (QED) is 0.177. The topological polar surface area (TPSA) is 119 Å². The number of nitrogens with one attached hydrogen (secondary N) is 2. The van der Waals surface area contributed by atoms with Crippen molar-refractivity contribution in [2.45, 2.75) is 71.5 Å². The maximum Gasteiger partial charge on any atom is 0.317 e. The van der Waals surface area contributed by atoms with Gasteiger partial charge in [0.05, 0.1) is 6.61 Å². The summed E-state index contributed by atoms with van der Waals surface area (Å²) in [6, 6.07) is 7.15. The molecule has 1 atom stereocenters. The number of benzene rings is 1. The van der Waals surface area contributed by atoms with E-state index in [4.69, 9.17) is 18.9 Å². The third kappa shape index (κ3) is 15.0. The summed E-state index contributed by atoms with van der Waals surface area (Å²) >= 11 is 0. The monoisotopic (exact) mass is 551 g/mol. The van der Waals surface area contributed by atoms with Crippen LogP contribution < -0.4 is 20.1 Å². The van der Waals surface area contributed by atoms with Gasteiger partial charge in [-0.3, -0.25) is 4.79 Å². The van der Waals surface area contributed by atoms with Crippen molar-refractivity contribution in [1.29, 1.82) is 0 Å². The van der Waals surface area contributed by atoms with Crippen LogP contribution in [0.15, 0.2) is 24.3 Å². The molecule has 1 aliphatic heterocycles. The number of carbonyl (C=O) groups excluding carboxylic acids is 2. The van der Waals surface area contributed by atoms with Crippen molar-refractivity contribution in [3.63, 3.8) is 0 Å². The molecule has 0 aromatic heterocycles. The standard InChI is InChI=1S/C29H49N3O7/c1-4-5-6-7-28(34)39-27-12-16-32(17-13-27)29(35)31-15-14-30-20-24(33)22-38-26-10-8-25(9-11-26)37-19-18-36-21-23(2)3/h8-11,23-24,27,30,33H,4-7,12-22H2,1-3H3,(H,31,35). The van der Waals surface area contributed by atoms with Gasteiger partial charge in [0.1, 0.15) is 36.9 Å². The van der Waals surface area contributed by atoms with Crippen molar-refractivity contribution >= 4 is 12.0 Å². The number of aliphatic hydroxyl groups is 1. The van der Waals surface area contributed by atoms with Crippen molar-refractivity contribution in [3.05, 3.63) is 24.3 Å². The zero-order chi connectivity index (χ0) is 28.3. The smallest absolute Gasteiger partial charge is 0.317 e. The van der Waals surface area contributed by atoms with Gasteiger partial charge < -0.3 is 39.6 Å². The van der Waals surface area contributed by atoms with E-state index in [2.05, 4.69) is 31.4 Å². The summed E-state index contributed by atoms with van der Waals surface area (Å²) in [4.78, 5) is 26.0. The van der Waals surface area contributed by atoms with Crippen LogP contribution in [0.2, 0.25) is 0 Å². The molecule has 0 spiro atoms. The molecule has 3 N–H and O–H groups in total. The number of piperidine rings is 1. The van der Waals surface area contributed by atoms with Gasteiger partial charge in [-0.1, -0.05) is 33.6 Å². The third-order valence-corrected chi connectivity index (χ3v) is 6.18. The summed E-state index contributed by atoms with van der Waals surface area (Å²) in [6.45, 7) is 10.7. The first-order valence-electron chi connectivity index (χ1n) is 14.4. The Kier molecular flexibility index (Phi) is 16.3. The van der Waals surface area contributed by atoms with E-state index in [1.807, 2.05) is 12.1 Å². The highest BCUT2D eigenvalue weighted by atomic mass is 16.5. The fourth-order valence-electron chi connectivity index (χ4n) is 4.00. The summed E-state index contributed by atoms with van der Waals surface area (Å²) in [7, 11) is 0. The summed E-state index contributed by atoms with van der Waals surface area (Å²) < 4.78 is 22.3. The minimum absolute atomic E-state index is 0.0978. The fourth-order valence-corrected chi connectivity index (χ4v) is 4.00. The molecule has 222 valence electrons. The summed E-state index contributed by atoms with van der Waals surface area (Å²) in [5.41, 5.74) is 0. The van der Waals surface area contributed by atoms with E-state index in [1.165, 1.54) is 0 Å². The van der Waals surface area contributed by atoms with Gasteiger partial charge in [0.2, 0.25) is 0 Å². The van der Waals surface area contributed by atoms with Crippen molar-refractivity contribution in [3.8, 4) is 11.5 Å². The van der Waals surface area contributed by atoms with Gasteiger partial charge >= 0.3 is 12.0 Å². The zero-order valence-corrected chi connectivity index (χ0v) is 24.0. The molecule has 1 fully saturated rings. The van der Waals surface area contributed by atoms with Crippen LogP contribution in [-0.2, 0) is 14.3 Å². The van der Waals surface area contributed by atoms with Crippen molar-refractivity contribution in [2.75, 3.05) is 59.2 Å². The molecule has 0 bridgehead atoms. The Labute approximate surface area is 233 Å². The van der Waals surface area contributed by atoms with Gasteiger partial charge in [0, 0.05) is 58.6 Å². The Hall–Kier alpha value is -2.56. The maximum absolute atomic E-state index is 12.4. The van der Waals surface area contributed by atoms with Crippen molar-refractivity contribution in [2.24, 2.45) is 5.92 Å². The normalized spacial score (nSPS) is 14.7. The number of urea groups is 1. The third-order valence-electron chi connectivity index (χ3n) is 6.18. The molecule has 1 saturated heterocycles. The number of unbranched alkanes of at least 4 members (excludes halogenated alkanes) is 2. The van der Waals surface area contributed by atoms with Crippen LogP contribution in [-0.4, -0.2) is 93.4 Å². The van der Waals surface area contributed by atoms with E-state index in [0.29, 0.717) is 76.9 Å².